The summed E-state index contributed by atoms with van der Waals surface area (Å²) in [7, 11) is 0. The number of nitrogens with zero attached hydrogens (tertiary/aromatic N) is 2. The molecule has 1 aromatic carbocycles. The smallest absolute Gasteiger partial charge is 0.335 e. The number of benzene rings is 1. The maximum absolute atomic E-state index is 13.8. The van der Waals surface area contributed by atoms with E-state index < -0.39 is 11.8 Å². The molecule has 18 heavy (non-hydrogen) atoms. The number of hydrogen-bond acceptors (Lipinski definition) is 3. The summed E-state index contributed by atoms with van der Waals surface area (Å²) in [6.45, 7) is 2.18. The monoisotopic (exact) mass is 252 g/mol. The number of aromatic carboxylic acids is 1. The Morgan fingerprint density at radius 2 is 1.94 bits per heavy atom. The van der Waals surface area contributed by atoms with E-state index >= 15 is 0 Å². The number of hydrogen-bond donors (Lipinski definition) is 1. The Kier molecular flexibility index (Phi) is 3.45. The molecule has 0 saturated carbocycles. The largest absolute Gasteiger partial charge is 0.478 e. The summed E-state index contributed by atoms with van der Waals surface area (Å²) >= 11 is 0. The molecule has 1 N–H and O–H groups in total. The molecule has 1 aliphatic heterocycles. The lowest BCUT2D eigenvalue weighted by molar-refractivity contribution is -0.118. The van der Waals surface area contributed by atoms with Crippen molar-refractivity contribution in [1.29, 1.82) is 0 Å². The number of carbonyl (C=O) groups is 2. The first-order valence-corrected chi connectivity index (χ1v) is 5.59. The molecule has 1 aromatic rings. The number of halogens is 1. The second-order valence-corrected chi connectivity index (χ2v) is 4.10. The molecule has 0 spiro atoms. The van der Waals surface area contributed by atoms with Crippen LogP contribution in [0.4, 0.5) is 10.1 Å². The lowest BCUT2D eigenvalue weighted by atomic mass is 10.1. The maximum atomic E-state index is 13.8. The Hall–Kier alpha value is -2.11. The van der Waals surface area contributed by atoms with Crippen LogP contribution >= 0.6 is 0 Å². The van der Waals surface area contributed by atoms with Crippen molar-refractivity contribution in [3.8, 4) is 0 Å². The van der Waals surface area contributed by atoms with Gasteiger partial charge < -0.3 is 14.9 Å². The van der Waals surface area contributed by atoms with Crippen molar-refractivity contribution < 1.29 is 19.1 Å². The van der Waals surface area contributed by atoms with E-state index in [0.717, 1.165) is 12.5 Å². The highest BCUT2D eigenvalue weighted by molar-refractivity contribution is 5.88. The van der Waals surface area contributed by atoms with Gasteiger partial charge in [0.25, 0.3) is 0 Å². The second kappa shape index (κ2) is 5.03. The van der Waals surface area contributed by atoms with Gasteiger partial charge in [-0.1, -0.05) is 0 Å². The van der Waals surface area contributed by atoms with E-state index in [1.165, 1.54) is 12.1 Å². The van der Waals surface area contributed by atoms with E-state index in [-0.39, 0.29) is 5.56 Å². The number of carboxylic acids is 1. The summed E-state index contributed by atoms with van der Waals surface area (Å²) in [6.07, 6.45) is 0.779. The molecular formula is C12H13FN2O3. The van der Waals surface area contributed by atoms with Crippen molar-refractivity contribution in [2.75, 3.05) is 31.1 Å². The fraction of sp³-hybridized carbons (Fsp3) is 0.333. The van der Waals surface area contributed by atoms with Gasteiger partial charge in [0.1, 0.15) is 5.82 Å². The third kappa shape index (κ3) is 2.42. The van der Waals surface area contributed by atoms with Gasteiger partial charge in [0.05, 0.1) is 11.3 Å². The summed E-state index contributed by atoms with van der Waals surface area (Å²) in [5, 5.41) is 8.75. The van der Waals surface area contributed by atoms with E-state index in [9.17, 15) is 14.0 Å². The Balaban J connectivity index is 2.14. The van der Waals surface area contributed by atoms with Gasteiger partial charge in [0, 0.05) is 26.2 Å². The Bertz CT molecular complexity index is 470. The molecule has 0 bridgehead atoms. The van der Waals surface area contributed by atoms with Crippen LogP contribution in [0.2, 0.25) is 0 Å². The topological polar surface area (TPSA) is 60.9 Å². The number of piperazine rings is 1. The van der Waals surface area contributed by atoms with Crippen LogP contribution in [0.15, 0.2) is 18.2 Å². The molecule has 96 valence electrons. The van der Waals surface area contributed by atoms with Gasteiger partial charge in [-0.2, -0.15) is 0 Å². The average Bonchev–Trinajstić information content (AvgIpc) is 2.38. The normalized spacial score (nSPS) is 15.6. The zero-order valence-electron chi connectivity index (χ0n) is 9.67. The predicted octanol–water partition coefficient (Wildman–Crippen LogP) is 0.802. The first kappa shape index (κ1) is 12.3. The average molecular weight is 252 g/mol. The SMILES string of the molecule is O=CN1CCN(c2ccc(C(=O)O)cc2F)CC1. The van der Waals surface area contributed by atoms with Crippen LogP contribution in [0.1, 0.15) is 10.4 Å². The molecule has 1 amide bonds. The van der Waals surface area contributed by atoms with Gasteiger partial charge in [0.15, 0.2) is 0 Å². The molecule has 0 aliphatic carbocycles. The van der Waals surface area contributed by atoms with E-state index in [0.29, 0.717) is 31.9 Å². The fourth-order valence-electron chi connectivity index (χ4n) is 1.96. The summed E-state index contributed by atoms with van der Waals surface area (Å²) in [4.78, 5) is 24.7. The molecule has 1 heterocycles. The molecule has 1 saturated heterocycles. The highest BCUT2D eigenvalue weighted by atomic mass is 19.1. The molecule has 6 heteroatoms. The van der Waals surface area contributed by atoms with Gasteiger partial charge in [-0.05, 0) is 18.2 Å². The molecule has 0 unspecified atom stereocenters. The number of amides is 1. The molecule has 2 rings (SSSR count). The van der Waals surface area contributed by atoms with E-state index in [1.807, 2.05) is 0 Å². The van der Waals surface area contributed by atoms with Crippen molar-refractivity contribution in [3.05, 3.63) is 29.6 Å². The molecular weight excluding hydrogens is 239 g/mol. The van der Waals surface area contributed by atoms with Crippen LogP contribution in [-0.4, -0.2) is 48.6 Å². The predicted molar refractivity (Wildman–Crippen MR) is 63.2 cm³/mol. The minimum atomic E-state index is -1.15. The van der Waals surface area contributed by atoms with Crippen LogP contribution in [0.5, 0.6) is 0 Å². The minimum absolute atomic E-state index is 0.0669. The van der Waals surface area contributed by atoms with Crippen molar-refractivity contribution in [2.45, 2.75) is 0 Å². The lowest BCUT2D eigenvalue weighted by Crippen LogP contribution is -2.46. The van der Waals surface area contributed by atoms with Crippen molar-refractivity contribution >= 4 is 18.1 Å². The second-order valence-electron chi connectivity index (χ2n) is 4.10. The van der Waals surface area contributed by atoms with Crippen LogP contribution in [0.3, 0.4) is 0 Å². The molecule has 0 aromatic heterocycles. The fourth-order valence-corrected chi connectivity index (χ4v) is 1.96. The molecule has 0 radical (unpaired) electrons. The van der Waals surface area contributed by atoms with Crippen LogP contribution in [0, 0.1) is 5.82 Å². The summed E-state index contributed by atoms with van der Waals surface area (Å²) in [5.74, 6) is -1.69. The van der Waals surface area contributed by atoms with Crippen LogP contribution in [-0.2, 0) is 4.79 Å². The molecule has 1 fully saturated rings. The molecule has 1 aliphatic rings. The van der Waals surface area contributed by atoms with Gasteiger partial charge in [-0.15, -0.1) is 0 Å². The van der Waals surface area contributed by atoms with Crippen LogP contribution < -0.4 is 4.90 Å². The maximum Gasteiger partial charge on any atom is 0.335 e. The Morgan fingerprint density at radius 3 is 2.44 bits per heavy atom. The van der Waals surface area contributed by atoms with Gasteiger partial charge in [-0.3, -0.25) is 4.79 Å². The number of anilines is 1. The zero-order valence-corrected chi connectivity index (χ0v) is 9.67. The Labute approximate surface area is 103 Å². The highest BCUT2D eigenvalue weighted by Crippen LogP contribution is 2.21. The van der Waals surface area contributed by atoms with Gasteiger partial charge >= 0.3 is 5.97 Å². The number of carbonyl (C=O) groups excluding carboxylic acids is 1. The summed E-state index contributed by atoms with van der Waals surface area (Å²) in [6, 6.07) is 3.87. The standard InChI is InChI=1S/C12H13FN2O3/c13-10-7-9(12(17)18)1-2-11(10)15-5-3-14(8-16)4-6-15/h1-2,7-8H,3-6H2,(H,17,18). The third-order valence-corrected chi connectivity index (χ3v) is 3.00. The van der Waals surface area contributed by atoms with E-state index in [4.69, 9.17) is 5.11 Å². The van der Waals surface area contributed by atoms with Crippen molar-refractivity contribution in [1.82, 2.24) is 4.90 Å². The van der Waals surface area contributed by atoms with E-state index in [2.05, 4.69) is 0 Å². The van der Waals surface area contributed by atoms with Gasteiger partial charge in [-0.25, -0.2) is 9.18 Å². The van der Waals surface area contributed by atoms with Gasteiger partial charge in [0.2, 0.25) is 6.41 Å². The third-order valence-electron chi connectivity index (χ3n) is 3.00. The van der Waals surface area contributed by atoms with Crippen molar-refractivity contribution in [2.24, 2.45) is 0 Å². The van der Waals surface area contributed by atoms with Crippen molar-refractivity contribution in [3.63, 3.8) is 0 Å². The lowest BCUT2D eigenvalue weighted by Gasteiger charge is -2.34. The minimum Gasteiger partial charge on any atom is -0.478 e. The first-order chi connectivity index (χ1) is 8.61. The molecule has 5 nitrogen and oxygen atoms in total. The summed E-state index contributed by atoms with van der Waals surface area (Å²) < 4.78 is 13.8. The van der Waals surface area contributed by atoms with E-state index in [1.54, 1.807) is 9.80 Å². The summed E-state index contributed by atoms with van der Waals surface area (Å²) in [5.41, 5.74) is 0.313. The van der Waals surface area contributed by atoms with Crippen LogP contribution in [0.25, 0.3) is 0 Å². The number of carboxylic acid groups (broad SMARTS) is 1. The molecule has 0 atom stereocenters. The Morgan fingerprint density at radius 1 is 1.28 bits per heavy atom. The first-order valence-electron chi connectivity index (χ1n) is 5.59. The highest BCUT2D eigenvalue weighted by Gasteiger charge is 2.19. The number of rotatable bonds is 3. The zero-order chi connectivity index (χ0) is 13.1. The quantitative estimate of drug-likeness (QED) is 0.808.